The number of hydrogen-bond acceptors (Lipinski definition) is 7. The van der Waals surface area contributed by atoms with E-state index in [0.29, 0.717) is 5.75 Å². The molecule has 4 rings (SSSR count). The second-order valence-corrected chi connectivity index (χ2v) is 8.42. The summed E-state index contributed by atoms with van der Waals surface area (Å²) in [4.78, 5) is 17.1. The van der Waals surface area contributed by atoms with Gasteiger partial charge in [0.25, 0.3) is 0 Å². The number of benzene rings is 3. The zero-order chi connectivity index (χ0) is 24.2. The standard InChI is InChI=1S/C26H23FN2O4S/c1-15-11-17(26-29-21-13-18(31-2)14-24(33-4)25(21)34-26)5-7-20(15)28-10-9-22(30)16-6-8-23(32-3)19(27)12-16/h5-14,28H,1-4H3/b10-9-. The van der Waals surface area contributed by atoms with Gasteiger partial charge >= 0.3 is 0 Å². The van der Waals surface area contributed by atoms with Crippen molar-refractivity contribution in [1.29, 1.82) is 0 Å². The minimum atomic E-state index is -0.577. The zero-order valence-electron chi connectivity index (χ0n) is 19.1. The fraction of sp³-hybridized carbons (Fsp3) is 0.154. The molecule has 0 spiro atoms. The Bertz CT molecular complexity index is 1400. The third-order valence-electron chi connectivity index (χ3n) is 5.27. The summed E-state index contributed by atoms with van der Waals surface area (Å²) in [5.41, 5.74) is 3.85. The minimum Gasteiger partial charge on any atom is -0.497 e. The number of carbonyl (C=O) groups is 1. The highest BCUT2D eigenvalue weighted by atomic mass is 32.1. The number of nitrogens with zero attached hydrogens (tertiary/aromatic N) is 1. The van der Waals surface area contributed by atoms with Crippen LogP contribution in [0.5, 0.6) is 17.2 Å². The first kappa shape index (κ1) is 23.3. The van der Waals surface area contributed by atoms with Crippen molar-refractivity contribution in [3.8, 4) is 27.8 Å². The second-order valence-electron chi connectivity index (χ2n) is 7.42. The lowest BCUT2D eigenvalue weighted by molar-refractivity contribution is 0.104. The van der Waals surface area contributed by atoms with E-state index in [4.69, 9.17) is 19.2 Å². The molecule has 0 aliphatic rings. The monoisotopic (exact) mass is 478 g/mol. The third-order valence-corrected chi connectivity index (χ3v) is 6.40. The average molecular weight is 479 g/mol. The molecule has 1 heterocycles. The number of nitrogens with one attached hydrogen (secondary N) is 1. The minimum absolute atomic E-state index is 0.0973. The first-order valence-electron chi connectivity index (χ1n) is 10.4. The molecule has 0 atom stereocenters. The molecule has 174 valence electrons. The summed E-state index contributed by atoms with van der Waals surface area (Å²) in [6.45, 7) is 1.97. The van der Waals surface area contributed by atoms with Crippen LogP contribution in [0.2, 0.25) is 0 Å². The molecule has 0 aliphatic carbocycles. The molecule has 1 N–H and O–H groups in total. The summed E-state index contributed by atoms with van der Waals surface area (Å²) < 4.78 is 30.5. The van der Waals surface area contributed by atoms with Gasteiger partial charge in [-0.3, -0.25) is 4.79 Å². The molecule has 1 aromatic heterocycles. The number of methoxy groups -OCH3 is 3. The van der Waals surface area contributed by atoms with Crippen molar-refractivity contribution in [3.05, 3.63) is 77.8 Å². The Hall–Kier alpha value is -3.91. The van der Waals surface area contributed by atoms with Gasteiger partial charge in [0, 0.05) is 41.2 Å². The fourth-order valence-electron chi connectivity index (χ4n) is 3.45. The van der Waals surface area contributed by atoms with Crippen molar-refractivity contribution in [1.82, 2.24) is 4.98 Å². The van der Waals surface area contributed by atoms with Crippen LogP contribution < -0.4 is 19.5 Å². The Labute approximate surface area is 200 Å². The maximum Gasteiger partial charge on any atom is 0.187 e. The first-order chi connectivity index (χ1) is 16.4. The average Bonchev–Trinajstić information content (AvgIpc) is 3.28. The van der Waals surface area contributed by atoms with Gasteiger partial charge in [0.2, 0.25) is 0 Å². The lowest BCUT2D eigenvalue weighted by atomic mass is 10.1. The quantitative estimate of drug-likeness (QED) is 0.239. The molecule has 0 fully saturated rings. The van der Waals surface area contributed by atoms with Crippen LogP contribution in [-0.2, 0) is 0 Å². The van der Waals surface area contributed by atoms with Crippen molar-refractivity contribution in [2.75, 3.05) is 26.6 Å². The number of carbonyl (C=O) groups excluding carboxylic acids is 1. The topological polar surface area (TPSA) is 69.7 Å². The van der Waals surface area contributed by atoms with Crippen LogP contribution in [0, 0.1) is 12.7 Å². The van der Waals surface area contributed by atoms with E-state index in [-0.39, 0.29) is 17.1 Å². The number of allylic oxidation sites excluding steroid dienone is 1. The molecule has 0 saturated heterocycles. The van der Waals surface area contributed by atoms with Crippen LogP contribution in [0.25, 0.3) is 20.8 Å². The highest BCUT2D eigenvalue weighted by Gasteiger charge is 2.13. The van der Waals surface area contributed by atoms with E-state index < -0.39 is 5.82 Å². The molecule has 0 radical (unpaired) electrons. The normalized spacial score (nSPS) is 11.1. The molecule has 34 heavy (non-hydrogen) atoms. The number of aryl methyl sites for hydroxylation is 1. The van der Waals surface area contributed by atoms with Gasteiger partial charge in [0.15, 0.2) is 17.3 Å². The maximum absolute atomic E-state index is 13.8. The molecular weight excluding hydrogens is 455 g/mol. The van der Waals surface area contributed by atoms with E-state index in [1.54, 1.807) is 31.8 Å². The lowest BCUT2D eigenvalue weighted by Crippen LogP contribution is -1.99. The Morgan fingerprint density at radius 2 is 1.79 bits per heavy atom. The largest absolute Gasteiger partial charge is 0.497 e. The van der Waals surface area contributed by atoms with E-state index in [1.807, 2.05) is 37.3 Å². The van der Waals surface area contributed by atoms with Crippen LogP contribution in [0.4, 0.5) is 10.1 Å². The number of rotatable bonds is 8. The molecular formula is C26H23FN2O4S. The highest BCUT2D eigenvalue weighted by molar-refractivity contribution is 7.22. The van der Waals surface area contributed by atoms with E-state index in [0.717, 1.165) is 43.9 Å². The Kier molecular flexibility index (Phi) is 6.79. The van der Waals surface area contributed by atoms with Gasteiger partial charge in [-0.05, 0) is 48.9 Å². The van der Waals surface area contributed by atoms with Crippen LogP contribution in [0.15, 0.2) is 60.8 Å². The SMILES string of the molecule is COc1cc(OC)c2sc(-c3ccc(N/C=C\C(=O)c4ccc(OC)c(F)c4)c(C)c3)nc2c1. The van der Waals surface area contributed by atoms with Gasteiger partial charge in [0.1, 0.15) is 16.5 Å². The van der Waals surface area contributed by atoms with Crippen LogP contribution in [0.3, 0.4) is 0 Å². The first-order valence-corrected chi connectivity index (χ1v) is 11.2. The number of thiazole rings is 1. The Morgan fingerprint density at radius 1 is 1.00 bits per heavy atom. The number of hydrogen-bond donors (Lipinski definition) is 1. The predicted octanol–water partition coefficient (Wildman–Crippen LogP) is 6.25. The summed E-state index contributed by atoms with van der Waals surface area (Å²) in [6.07, 6.45) is 2.91. The second kappa shape index (κ2) is 9.93. The summed E-state index contributed by atoms with van der Waals surface area (Å²) in [5, 5.41) is 3.98. The van der Waals surface area contributed by atoms with E-state index in [1.165, 1.54) is 25.3 Å². The van der Waals surface area contributed by atoms with E-state index >= 15 is 0 Å². The summed E-state index contributed by atoms with van der Waals surface area (Å²) in [6, 6.07) is 13.8. The number of ether oxygens (including phenoxy) is 3. The number of ketones is 1. The van der Waals surface area contributed by atoms with Gasteiger partial charge in [-0.1, -0.05) is 0 Å². The van der Waals surface area contributed by atoms with Gasteiger partial charge in [-0.15, -0.1) is 11.3 Å². The Morgan fingerprint density at radius 3 is 2.47 bits per heavy atom. The smallest absolute Gasteiger partial charge is 0.187 e. The van der Waals surface area contributed by atoms with Crippen LogP contribution >= 0.6 is 11.3 Å². The van der Waals surface area contributed by atoms with Gasteiger partial charge in [0.05, 0.1) is 31.5 Å². The van der Waals surface area contributed by atoms with Gasteiger partial charge in [-0.25, -0.2) is 9.37 Å². The highest BCUT2D eigenvalue weighted by Crippen LogP contribution is 2.39. The molecule has 0 aliphatic heterocycles. The van der Waals surface area contributed by atoms with Crippen molar-refractivity contribution in [2.45, 2.75) is 6.92 Å². The molecule has 0 amide bonds. The Balaban J connectivity index is 1.51. The van der Waals surface area contributed by atoms with Crippen molar-refractivity contribution in [2.24, 2.45) is 0 Å². The number of anilines is 1. The lowest BCUT2D eigenvalue weighted by Gasteiger charge is -2.07. The van der Waals surface area contributed by atoms with E-state index in [2.05, 4.69) is 5.32 Å². The van der Waals surface area contributed by atoms with E-state index in [9.17, 15) is 9.18 Å². The number of halogens is 1. The molecule has 0 unspecified atom stereocenters. The molecule has 6 nitrogen and oxygen atoms in total. The van der Waals surface area contributed by atoms with Gasteiger partial charge < -0.3 is 19.5 Å². The summed E-state index contributed by atoms with van der Waals surface area (Å²) in [5.74, 6) is 0.615. The van der Waals surface area contributed by atoms with Crippen molar-refractivity contribution >= 4 is 33.0 Å². The van der Waals surface area contributed by atoms with Crippen LogP contribution in [0.1, 0.15) is 15.9 Å². The maximum atomic E-state index is 13.8. The third kappa shape index (κ3) is 4.72. The number of aromatic nitrogens is 1. The molecule has 8 heteroatoms. The molecule has 4 aromatic rings. The summed E-state index contributed by atoms with van der Waals surface area (Å²) >= 11 is 1.55. The van der Waals surface area contributed by atoms with Crippen molar-refractivity contribution < 1.29 is 23.4 Å². The number of fused-ring (bicyclic) bond motifs is 1. The summed E-state index contributed by atoms with van der Waals surface area (Å²) in [7, 11) is 4.62. The fourth-order valence-corrected chi connectivity index (χ4v) is 4.49. The predicted molar refractivity (Wildman–Crippen MR) is 133 cm³/mol. The molecule has 3 aromatic carbocycles. The van der Waals surface area contributed by atoms with Crippen LogP contribution in [-0.4, -0.2) is 32.1 Å². The van der Waals surface area contributed by atoms with Gasteiger partial charge in [-0.2, -0.15) is 0 Å². The van der Waals surface area contributed by atoms with Crippen molar-refractivity contribution in [3.63, 3.8) is 0 Å². The molecule has 0 bridgehead atoms. The molecule has 0 saturated carbocycles. The zero-order valence-corrected chi connectivity index (χ0v) is 20.0.